The first-order valence-corrected chi connectivity index (χ1v) is 17.9. The number of hydrogen-bond donors (Lipinski definition) is 1. The Kier molecular flexibility index (Phi) is 12.4. The predicted octanol–water partition coefficient (Wildman–Crippen LogP) is 8.13. The van der Waals surface area contributed by atoms with Crippen LogP contribution in [-0.2, 0) is 27.2 Å². The van der Waals surface area contributed by atoms with Crippen molar-refractivity contribution in [3.05, 3.63) is 92.0 Å². The van der Waals surface area contributed by atoms with Gasteiger partial charge >= 0.3 is 11.9 Å². The minimum absolute atomic E-state index is 0.0897. The van der Waals surface area contributed by atoms with Gasteiger partial charge in [-0.15, -0.1) is 0 Å². The number of anilines is 1. The number of nitrogens with zero attached hydrogens (tertiary/aromatic N) is 2. The number of fused-ring (bicyclic) bond motifs is 1. The molecule has 0 radical (unpaired) electrons. The Morgan fingerprint density at radius 3 is 2.33 bits per heavy atom. The molecule has 1 heterocycles. The third-order valence-electron chi connectivity index (χ3n) is 9.31. The summed E-state index contributed by atoms with van der Waals surface area (Å²) in [4.78, 5) is 42.1. The molecule has 1 aliphatic rings. The van der Waals surface area contributed by atoms with Crippen molar-refractivity contribution in [3.63, 3.8) is 0 Å². The third kappa shape index (κ3) is 8.66. The van der Waals surface area contributed by atoms with E-state index < -0.39 is 11.9 Å². The Morgan fingerprint density at radius 2 is 1.65 bits per heavy atom. The summed E-state index contributed by atoms with van der Waals surface area (Å²) in [6.07, 6.45) is 7.29. The van der Waals surface area contributed by atoms with E-state index in [4.69, 9.17) is 31.5 Å². The molecule has 1 aromatic heterocycles. The van der Waals surface area contributed by atoms with E-state index in [1.54, 1.807) is 73.2 Å². The largest absolute Gasteiger partial charge is 0.497 e. The molecule has 1 fully saturated rings. The fraction of sp³-hybridized carbons (Fsp3) is 0.395. The molecule has 0 bridgehead atoms. The lowest BCUT2D eigenvalue weighted by atomic mass is 10.0. The van der Waals surface area contributed by atoms with E-state index in [9.17, 15) is 14.4 Å². The van der Waals surface area contributed by atoms with E-state index in [1.165, 1.54) is 38.5 Å². The smallest absolute Gasteiger partial charge is 0.338 e. The minimum atomic E-state index is -0.526. The van der Waals surface area contributed by atoms with Gasteiger partial charge in [-0.3, -0.25) is 19.1 Å². The number of hydrogen-bond acceptors (Lipinski definition) is 8. The van der Waals surface area contributed by atoms with Crippen LogP contribution in [0.2, 0.25) is 5.02 Å². The lowest BCUT2D eigenvalue weighted by Crippen LogP contribution is -2.34. The zero-order valence-electron chi connectivity index (χ0n) is 28.2. The average Bonchev–Trinajstić information content (AvgIpc) is 3.24. The number of rotatable bonds is 12. The van der Waals surface area contributed by atoms with Crippen LogP contribution < -0.4 is 10.5 Å². The van der Waals surface area contributed by atoms with Crippen molar-refractivity contribution in [1.82, 2.24) is 9.47 Å². The van der Waals surface area contributed by atoms with Gasteiger partial charge in [0.1, 0.15) is 19.0 Å². The SMILES string of the molecule is CCN(Cc1cc(C(=O)OCCOC(=O)Cc2c(C)n(C(=O)c3ccc(Cl)cc3)c3ccc(OC)cc23)cc(Br)c1N)C1CCCCCC1. The second-order valence-electron chi connectivity index (χ2n) is 12.4. The molecule has 0 spiro atoms. The van der Waals surface area contributed by atoms with Crippen LogP contribution in [0, 0.1) is 6.92 Å². The lowest BCUT2D eigenvalue weighted by molar-refractivity contribution is -0.143. The molecule has 9 nitrogen and oxygen atoms in total. The topological polar surface area (TPSA) is 113 Å². The van der Waals surface area contributed by atoms with Crippen LogP contribution in [0.4, 0.5) is 5.69 Å². The standard InChI is InChI=1S/C38H43BrClN3O6/c1-4-42(29-9-7-5-6-8-10-29)23-27-19-26(20-33(39)36(27)41)38(46)49-18-17-48-35(44)22-31-24(2)43(34-16-15-30(47-3)21-32(31)34)37(45)25-11-13-28(40)14-12-25/h11-16,19-21,29H,4-10,17-18,22-23,41H2,1-3H3. The van der Waals surface area contributed by atoms with Gasteiger partial charge in [0.15, 0.2) is 0 Å². The Bertz CT molecular complexity index is 1810. The second kappa shape index (κ2) is 16.7. The second-order valence-corrected chi connectivity index (χ2v) is 13.7. The van der Waals surface area contributed by atoms with Crippen LogP contribution in [0.25, 0.3) is 10.9 Å². The highest BCUT2D eigenvalue weighted by Gasteiger charge is 2.24. The molecule has 1 aliphatic carbocycles. The number of nitrogens with two attached hydrogens (primary N) is 1. The normalized spacial score (nSPS) is 13.8. The van der Waals surface area contributed by atoms with Crippen molar-refractivity contribution in [2.75, 3.05) is 32.6 Å². The van der Waals surface area contributed by atoms with Gasteiger partial charge in [0.25, 0.3) is 5.91 Å². The number of esters is 2. The first-order chi connectivity index (χ1) is 23.6. The highest BCUT2D eigenvalue weighted by atomic mass is 79.9. The maximum atomic E-state index is 13.6. The van der Waals surface area contributed by atoms with Crippen molar-refractivity contribution in [2.45, 2.75) is 71.4 Å². The van der Waals surface area contributed by atoms with E-state index in [-0.39, 0.29) is 25.5 Å². The molecule has 0 amide bonds. The van der Waals surface area contributed by atoms with Crippen molar-refractivity contribution >= 4 is 62.0 Å². The summed E-state index contributed by atoms with van der Waals surface area (Å²) in [7, 11) is 1.56. The van der Waals surface area contributed by atoms with Gasteiger partial charge in [0.05, 0.1) is 30.3 Å². The number of methoxy groups -OCH3 is 1. The quantitative estimate of drug-likeness (QED) is 0.0669. The van der Waals surface area contributed by atoms with Crippen LogP contribution in [-0.4, -0.2) is 60.2 Å². The van der Waals surface area contributed by atoms with Gasteiger partial charge in [-0.2, -0.15) is 0 Å². The summed E-state index contributed by atoms with van der Waals surface area (Å²) >= 11 is 9.55. The summed E-state index contributed by atoms with van der Waals surface area (Å²) in [6.45, 7) is 5.26. The number of ether oxygens (including phenoxy) is 3. The summed E-state index contributed by atoms with van der Waals surface area (Å²) in [5.41, 5.74) is 10.6. The van der Waals surface area contributed by atoms with Crippen LogP contribution in [0.3, 0.4) is 0 Å². The van der Waals surface area contributed by atoms with Crippen LogP contribution in [0.1, 0.15) is 83.0 Å². The van der Waals surface area contributed by atoms with E-state index in [1.807, 2.05) is 0 Å². The van der Waals surface area contributed by atoms with Gasteiger partial charge in [-0.25, -0.2) is 4.79 Å². The van der Waals surface area contributed by atoms with Gasteiger partial charge in [0, 0.05) is 38.7 Å². The van der Waals surface area contributed by atoms with Crippen molar-refractivity contribution in [1.29, 1.82) is 0 Å². The fourth-order valence-electron chi connectivity index (χ4n) is 6.63. The summed E-state index contributed by atoms with van der Waals surface area (Å²) in [5.74, 6) is -0.701. The Morgan fingerprint density at radius 1 is 0.959 bits per heavy atom. The Hall–Kier alpha value is -3.86. The van der Waals surface area contributed by atoms with Crippen molar-refractivity contribution in [3.8, 4) is 5.75 Å². The molecule has 49 heavy (non-hydrogen) atoms. The number of aromatic nitrogens is 1. The van der Waals surface area contributed by atoms with Gasteiger partial charge in [-0.05, 0) is 108 Å². The van der Waals surface area contributed by atoms with Gasteiger partial charge in [-0.1, -0.05) is 44.2 Å². The molecule has 1 saturated carbocycles. The predicted molar refractivity (Wildman–Crippen MR) is 195 cm³/mol. The molecule has 0 atom stereocenters. The summed E-state index contributed by atoms with van der Waals surface area (Å²) in [6, 6.07) is 16.0. The summed E-state index contributed by atoms with van der Waals surface area (Å²) < 4.78 is 18.6. The zero-order chi connectivity index (χ0) is 35.1. The van der Waals surface area contributed by atoms with E-state index in [2.05, 4.69) is 27.8 Å². The monoisotopic (exact) mass is 751 g/mol. The molecule has 0 unspecified atom stereocenters. The molecule has 0 aliphatic heterocycles. The Balaban J connectivity index is 1.22. The molecule has 5 rings (SSSR count). The number of carbonyl (C=O) groups excluding carboxylic acids is 3. The van der Waals surface area contributed by atoms with E-state index in [0.717, 1.165) is 12.1 Å². The first-order valence-electron chi connectivity index (χ1n) is 16.7. The van der Waals surface area contributed by atoms with Crippen LogP contribution in [0.15, 0.2) is 59.1 Å². The highest BCUT2D eigenvalue weighted by Crippen LogP contribution is 2.32. The van der Waals surface area contributed by atoms with Crippen LogP contribution in [0.5, 0.6) is 5.75 Å². The number of benzene rings is 3. The highest BCUT2D eigenvalue weighted by molar-refractivity contribution is 9.10. The average molecular weight is 753 g/mol. The van der Waals surface area contributed by atoms with Crippen molar-refractivity contribution in [2.24, 2.45) is 0 Å². The fourth-order valence-corrected chi connectivity index (χ4v) is 7.26. The van der Waals surface area contributed by atoms with E-state index in [0.29, 0.717) is 66.8 Å². The molecular weight excluding hydrogens is 710 g/mol. The molecule has 2 N–H and O–H groups in total. The number of carbonyl (C=O) groups is 3. The lowest BCUT2D eigenvalue weighted by Gasteiger charge is -2.30. The third-order valence-corrected chi connectivity index (χ3v) is 10.2. The maximum absolute atomic E-state index is 13.6. The molecule has 11 heteroatoms. The maximum Gasteiger partial charge on any atom is 0.338 e. The zero-order valence-corrected chi connectivity index (χ0v) is 30.6. The molecule has 0 saturated heterocycles. The van der Waals surface area contributed by atoms with E-state index >= 15 is 0 Å². The molecular formula is C38H43BrClN3O6. The Labute approximate surface area is 300 Å². The minimum Gasteiger partial charge on any atom is -0.497 e. The molecule has 260 valence electrons. The van der Waals surface area contributed by atoms with Crippen molar-refractivity contribution < 1.29 is 28.6 Å². The van der Waals surface area contributed by atoms with Crippen LogP contribution >= 0.6 is 27.5 Å². The number of nitrogen functional groups attached to an aromatic ring is 1. The summed E-state index contributed by atoms with van der Waals surface area (Å²) in [5, 5.41) is 1.23. The molecule has 4 aromatic rings. The first kappa shape index (κ1) is 36.4. The van der Waals surface area contributed by atoms with Gasteiger partial charge in [0.2, 0.25) is 0 Å². The van der Waals surface area contributed by atoms with Gasteiger partial charge < -0.3 is 19.9 Å². The molecule has 3 aromatic carbocycles. The number of halogens is 2.